The van der Waals surface area contributed by atoms with Crippen molar-refractivity contribution in [2.45, 2.75) is 39.0 Å². The number of amides is 2. The Morgan fingerprint density at radius 3 is 2.52 bits per heavy atom. The van der Waals surface area contributed by atoms with Gasteiger partial charge in [0, 0.05) is 16.9 Å². The summed E-state index contributed by atoms with van der Waals surface area (Å²) in [6.45, 7) is 1.90. The van der Waals surface area contributed by atoms with Gasteiger partial charge >= 0.3 is 5.97 Å². The van der Waals surface area contributed by atoms with Crippen LogP contribution in [0.25, 0.3) is 0 Å². The lowest BCUT2D eigenvalue weighted by molar-refractivity contribution is -0.147. The molecule has 1 aliphatic carbocycles. The Balaban J connectivity index is 1.45. The van der Waals surface area contributed by atoms with Gasteiger partial charge in [-0.15, -0.1) is 11.3 Å². The van der Waals surface area contributed by atoms with Crippen molar-refractivity contribution in [3.05, 3.63) is 45.8 Å². The van der Waals surface area contributed by atoms with Gasteiger partial charge in [0.2, 0.25) is 0 Å². The molecule has 0 bridgehead atoms. The molecule has 0 aliphatic heterocycles. The molecule has 2 amide bonds. The normalized spacial score (nSPS) is 12.2. The summed E-state index contributed by atoms with van der Waals surface area (Å²) < 4.78 is 10.3. The highest BCUT2D eigenvalue weighted by atomic mass is 32.1. The minimum atomic E-state index is -0.654. The zero-order valence-corrected chi connectivity index (χ0v) is 18.0. The van der Waals surface area contributed by atoms with Crippen LogP contribution in [0.4, 0.5) is 5.00 Å². The minimum Gasteiger partial charge on any atom is -0.494 e. The number of carbonyl (C=O) groups excluding carboxylic acids is 4. The third kappa shape index (κ3) is 5.69. The fourth-order valence-corrected chi connectivity index (χ4v) is 4.71. The number of rotatable bonds is 10. The lowest BCUT2D eigenvalue weighted by atomic mass is 10.1. The topological polar surface area (TPSA) is 125 Å². The Bertz CT molecular complexity index is 996. The maximum Gasteiger partial charge on any atom is 0.306 e. The van der Waals surface area contributed by atoms with E-state index in [4.69, 9.17) is 15.2 Å². The number of ether oxygens (including phenoxy) is 2. The first kappa shape index (κ1) is 22.5. The van der Waals surface area contributed by atoms with Gasteiger partial charge in [-0.2, -0.15) is 0 Å². The second-order valence-corrected chi connectivity index (χ2v) is 8.12. The summed E-state index contributed by atoms with van der Waals surface area (Å²) in [5.41, 5.74) is 7.18. The molecule has 31 heavy (non-hydrogen) atoms. The van der Waals surface area contributed by atoms with Crippen molar-refractivity contribution < 1.29 is 28.7 Å². The standard InChI is InChI=1S/C22H24N2O6S/c1-2-29-14-8-6-13(7-9-14)16(25)10-11-19(27)30-12-18(26)24-22-20(21(23)28)15-4-3-5-17(15)31-22/h6-9H,2-5,10-12H2,1H3,(H2,23,28)(H,24,26). The Hall–Kier alpha value is -3.20. The molecule has 9 heteroatoms. The second-order valence-electron chi connectivity index (χ2n) is 7.02. The van der Waals surface area contributed by atoms with Crippen molar-refractivity contribution in [2.24, 2.45) is 5.73 Å². The first-order valence-corrected chi connectivity index (χ1v) is 10.9. The number of hydrogen-bond donors (Lipinski definition) is 2. The summed E-state index contributed by atoms with van der Waals surface area (Å²) in [6.07, 6.45) is 2.41. The molecule has 3 N–H and O–H groups in total. The highest BCUT2D eigenvalue weighted by Gasteiger charge is 2.26. The van der Waals surface area contributed by atoms with Crippen molar-refractivity contribution >= 4 is 39.9 Å². The average molecular weight is 445 g/mol. The summed E-state index contributed by atoms with van der Waals surface area (Å²) in [5, 5.41) is 3.00. The number of nitrogens with two attached hydrogens (primary N) is 1. The fraction of sp³-hybridized carbons (Fsp3) is 0.364. The summed E-state index contributed by atoms with van der Waals surface area (Å²) in [7, 11) is 0. The molecular formula is C22H24N2O6S. The molecule has 2 aromatic rings. The number of anilines is 1. The van der Waals surface area contributed by atoms with Crippen LogP contribution in [0, 0.1) is 0 Å². The lowest BCUT2D eigenvalue weighted by Crippen LogP contribution is -2.23. The molecular weight excluding hydrogens is 420 g/mol. The number of carbonyl (C=O) groups is 4. The molecule has 8 nitrogen and oxygen atoms in total. The predicted molar refractivity (Wildman–Crippen MR) is 116 cm³/mol. The quantitative estimate of drug-likeness (QED) is 0.429. The van der Waals surface area contributed by atoms with Gasteiger partial charge in [-0.25, -0.2) is 0 Å². The van der Waals surface area contributed by atoms with E-state index >= 15 is 0 Å². The molecule has 0 fully saturated rings. The summed E-state index contributed by atoms with van der Waals surface area (Å²) in [6, 6.07) is 6.67. The van der Waals surface area contributed by atoms with E-state index in [9.17, 15) is 19.2 Å². The van der Waals surface area contributed by atoms with Gasteiger partial charge < -0.3 is 20.5 Å². The highest BCUT2D eigenvalue weighted by molar-refractivity contribution is 7.17. The number of fused-ring (bicyclic) bond motifs is 1. The molecule has 0 spiro atoms. The zero-order chi connectivity index (χ0) is 22.4. The van der Waals surface area contributed by atoms with Crippen molar-refractivity contribution in [3.63, 3.8) is 0 Å². The molecule has 0 unspecified atom stereocenters. The predicted octanol–water partition coefficient (Wildman–Crippen LogP) is 2.88. The maximum absolute atomic E-state index is 12.2. The van der Waals surface area contributed by atoms with Gasteiger partial charge in [-0.05, 0) is 56.0 Å². The van der Waals surface area contributed by atoms with Crippen molar-refractivity contribution in [1.82, 2.24) is 0 Å². The fourth-order valence-electron chi connectivity index (χ4n) is 3.40. The van der Waals surface area contributed by atoms with E-state index in [1.807, 2.05) is 6.92 Å². The van der Waals surface area contributed by atoms with Crippen LogP contribution in [0.5, 0.6) is 5.75 Å². The van der Waals surface area contributed by atoms with Gasteiger partial charge in [-0.3, -0.25) is 19.2 Å². The Labute approximate surface area is 183 Å². The van der Waals surface area contributed by atoms with Crippen molar-refractivity contribution in [3.8, 4) is 5.75 Å². The van der Waals surface area contributed by atoms with E-state index in [-0.39, 0.29) is 18.6 Å². The van der Waals surface area contributed by atoms with Gasteiger partial charge in [0.05, 0.1) is 18.6 Å². The average Bonchev–Trinajstić information content (AvgIpc) is 3.31. The van der Waals surface area contributed by atoms with Gasteiger partial charge in [0.15, 0.2) is 12.4 Å². The van der Waals surface area contributed by atoms with Gasteiger partial charge in [0.1, 0.15) is 10.8 Å². The number of ketones is 1. The van der Waals surface area contributed by atoms with E-state index in [0.717, 1.165) is 29.7 Å². The number of aryl methyl sites for hydroxylation is 1. The third-order valence-corrected chi connectivity index (χ3v) is 6.04. The van der Waals surface area contributed by atoms with E-state index < -0.39 is 24.4 Å². The monoisotopic (exact) mass is 444 g/mol. The van der Waals surface area contributed by atoms with Gasteiger partial charge in [0.25, 0.3) is 11.8 Å². The van der Waals surface area contributed by atoms with Crippen LogP contribution < -0.4 is 15.8 Å². The van der Waals surface area contributed by atoms with Crippen LogP contribution in [0.15, 0.2) is 24.3 Å². The van der Waals surface area contributed by atoms with E-state index in [0.29, 0.717) is 28.5 Å². The number of primary amides is 1. The van der Waals surface area contributed by atoms with E-state index in [1.165, 1.54) is 11.3 Å². The molecule has 164 valence electrons. The smallest absolute Gasteiger partial charge is 0.306 e. The Kier molecular flexibility index (Phi) is 7.41. The van der Waals surface area contributed by atoms with Crippen LogP contribution in [0.1, 0.15) is 57.3 Å². The molecule has 0 radical (unpaired) electrons. The highest BCUT2D eigenvalue weighted by Crippen LogP contribution is 2.38. The minimum absolute atomic E-state index is 0.0299. The molecule has 0 atom stereocenters. The number of thiophene rings is 1. The van der Waals surface area contributed by atoms with Crippen LogP contribution in [0.2, 0.25) is 0 Å². The SMILES string of the molecule is CCOc1ccc(C(=O)CCC(=O)OCC(=O)Nc2sc3c(c2C(N)=O)CCC3)cc1. The number of esters is 1. The third-order valence-electron chi connectivity index (χ3n) is 4.83. The lowest BCUT2D eigenvalue weighted by Gasteiger charge is -2.07. The van der Waals surface area contributed by atoms with Crippen LogP contribution in [-0.2, 0) is 27.2 Å². The molecule has 1 aromatic heterocycles. The number of hydrogen-bond acceptors (Lipinski definition) is 7. The summed E-state index contributed by atoms with van der Waals surface area (Å²) >= 11 is 1.33. The molecule has 0 saturated carbocycles. The van der Waals surface area contributed by atoms with Crippen molar-refractivity contribution in [1.29, 1.82) is 0 Å². The van der Waals surface area contributed by atoms with Gasteiger partial charge in [-0.1, -0.05) is 0 Å². The summed E-state index contributed by atoms with van der Waals surface area (Å²) in [4.78, 5) is 49.1. The molecule has 1 aliphatic rings. The first-order chi connectivity index (χ1) is 14.9. The Morgan fingerprint density at radius 1 is 1.10 bits per heavy atom. The molecule has 0 saturated heterocycles. The molecule has 3 rings (SSSR count). The largest absolute Gasteiger partial charge is 0.494 e. The number of nitrogens with one attached hydrogen (secondary N) is 1. The van der Waals surface area contributed by atoms with Crippen molar-refractivity contribution in [2.75, 3.05) is 18.5 Å². The van der Waals surface area contributed by atoms with E-state index in [2.05, 4.69) is 5.32 Å². The number of benzene rings is 1. The molecule has 1 heterocycles. The summed E-state index contributed by atoms with van der Waals surface area (Å²) in [5.74, 6) is -1.34. The molecule has 1 aromatic carbocycles. The number of Topliss-reactive ketones (excluding diaryl/α,β-unsaturated/α-hetero) is 1. The van der Waals surface area contributed by atoms with Crippen LogP contribution >= 0.6 is 11.3 Å². The van der Waals surface area contributed by atoms with E-state index in [1.54, 1.807) is 24.3 Å². The first-order valence-electron chi connectivity index (χ1n) is 10.0. The van der Waals surface area contributed by atoms with Crippen LogP contribution in [0.3, 0.4) is 0 Å². The zero-order valence-electron chi connectivity index (χ0n) is 17.2. The Morgan fingerprint density at radius 2 is 1.84 bits per heavy atom. The maximum atomic E-state index is 12.2. The van der Waals surface area contributed by atoms with Crippen LogP contribution in [-0.4, -0.2) is 36.8 Å². The second kappa shape index (κ2) is 10.2.